The third-order valence-electron chi connectivity index (χ3n) is 6.34. The maximum Gasteiger partial charge on any atom is 0.411 e. The van der Waals surface area contributed by atoms with E-state index in [1.165, 1.54) is 35.4 Å². The van der Waals surface area contributed by atoms with Crippen LogP contribution < -0.4 is 10.6 Å². The summed E-state index contributed by atoms with van der Waals surface area (Å²) in [7, 11) is 0. The Kier molecular flexibility index (Phi) is 7.31. The lowest BCUT2D eigenvalue weighted by atomic mass is 9.99. The number of aryl methyl sites for hydroxylation is 1. The van der Waals surface area contributed by atoms with Crippen molar-refractivity contribution in [1.29, 1.82) is 0 Å². The van der Waals surface area contributed by atoms with Gasteiger partial charge in [0.05, 0.1) is 12.1 Å². The van der Waals surface area contributed by atoms with Crippen molar-refractivity contribution in [2.45, 2.75) is 25.6 Å². The lowest BCUT2D eigenvalue weighted by Crippen LogP contribution is -2.43. The molecule has 3 amide bonds. The van der Waals surface area contributed by atoms with Crippen LogP contribution in [0.25, 0.3) is 0 Å². The van der Waals surface area contributed by atoms with Gasteiger partial charge in [0, 0.05) is 23.8 Å². The summed E-state index contributed by atoms with van der Waals surface area (Å²) in [6.07, 6.45) is 1.42. The average Bonchev–Trinajstić information content (AvgIpc) is 3.27. The minimum atomic E-state index is -1.03. The van der Waals surface area contributed by atoms with Crippen LogP contribution in [0.4, 0.5) is 20.6 Å². The summed E-state index contributed by atoms with van der Waals surface area (Å²) >= 11 is 0. The summed E-state index contributed by atoms with van der Waals surface area (Å²) in [5.74, 6) is -1.28. The minimum Gasteiger partial charge on any atom is -0.438 e. The number of rotatable bonds is 7. The number of hydrogen-bond acceptors (Lipinski definition) is 5. The van der Waals surface area contributed by atoms with E-state index in [0.29, 0.717) is 22.5 Å². The number of nitrogens with one attached hydrogen (secondary N) is 2. The quantitative estimate of drug-likeness (QED) is 0.333. The molecule has 0 saturated carbocycles. The van der Waals surface area contributed by atoms with Gasteiger partial charge in [0.25, 0.3) is 11.8 Å². The molecule has 1 aromatic heterocycles. The monoisotopic (exact) mass is 524 g/mol. The number of nitrogens with zero attached hydrogens (tertiary/aromatic N) is 2. The topological polar surface area (TPSA) is 101 Å². The summed E-state index contributed by atoms with van der Waals surface area (Å²) in [5, 5.41) is 5.58. The Hall–Kier alpha value is -5.05. The lowest BCUT2D eigenvalue weighted by molar-refractivity contribution is -0.121. The van der Waals surface area contributed by atoms with Crippen molar-refractivity contribution in [2.24, 2.45) is 0 Å². The van der Waals surface area contributed by atoms with Crippen molar-refractivity contribution in [1.82, 2.24) is 9.88 Å². The number of anilines is 2. The van der Waals surface area contributed by atoms with Gasteiger partial charge >= 0.3 is 6.09 Å². The van der Waals surface area contributed by atoms with E-state index in [0.717, 1.165) is 11.1 Å². The van der Waals surface area contributed by atoms with Gasteiger partial charge in [-0.2, -0.15) is 0 Å². The SMILES string of the molecule is Cc1ccc(CN2C(=O)O[C@@H](c3cccc(NC(=O)c4cccnc4)c3)[C@H]2C(=O)Nc2ccc(F)cc2)cc1. The molecule has 1 aliphatic heterocycles. The highest BCUT2D eigenvalue weighted by Gasteiger charge is 2.47. The van der Waals surface area contributed by atoms with E-state index in [4.69, 9.17) is 4.74 Å². The number of aromatic nitrogens is 1. The Morgan fingerprint density at radius 2 is 1.72 bits per heavy atom. The first-order valence-electron chi connectivity index (χ1n) is 12.3. The number of pyridine rings is 1. The Morgan fingerprint density at radius 1 is 0.949 bits per heavy atom. The molecule has 0 unspecified atom stereocenters. The molecule has 196 valence electrons. The third kappa shape index (κ3) is 5.93. The summed E-state index contributed by atoms with van der Waals surface area (Å²) < 4.78 is 19.1. The van der Waals surface area contributed by atoms with Gasteiger partial charge in [0.1, 0.15) is 5.82 Å². The minimum absolute atomic E-state index is 0.147. The van der Waals surface area contributed by atoms with Gasteiger partial charge in [-0.1, -0.05) is 42.0 Å². The Balaban J connectivity index is 1.44. The molecule has 9 heteroatoms. The van der Waals surface area contributed by atoms with Crippen LogP contribution in [0, 0.1) is 12.7 Å². The molecule has 0 aliphatic carbocycles. The van der Waals surface area contributed by atoms with Crippen molar-refractivity contribution in [3.63, 3.8) is 0 Å². The largest absolute Gasteiger partial charge is 0.438 e. The summed E-state index contributed by atoms with van der Waals surface area (Å²) in [6.45, 7) is 2.11. The molecule has 2 atom stereocenters. The maximum absolute atomic E-state index is 13.6. The molecule has 1 aliphatic rings. The van der Waals surface area contributed by atoms with Gasteiger partial charge in [0.15, 0.2) is 12.1 Å². The number of halogens is 1. The van der Waals surface area contributed by atoms with Crippen LogP contribution >= 0.6 is 0 Å². The summed E-state index contributed by atoms with van der Waals surface area (Å²) in [5.41, 5.74) is 3.65. The van der Waals surface area contributed by atoms with E-state index in [2.05, 4.69) is 15.6 Å². The molecular weight excluding hydrogens is 499 g/mol. The van der Waals surface area contributed by atoms with E-state index < -0.39 is 30.0 Å². The van der Waals surface area contributed by atoms with Gasteiger partial charge in [-0.15, -0.1) is 0 Å². The van der Waals surface area contributed by atoms with Gasteiger partial charge in [-0.3, -0.25) is 19.5 Å². The number of hydrogen-bond donors (Lipinski definition) is 2. The molecule has 0 radical (unpaired) electrons. The summed E-state index contributed by atoms with van der Waals surface area (Å²) in [4.78, 5) is 44.6. The van der Waals surface area contributed by atoms with E-state index in [1.54, 1.807) is 42.6 Å². The molecule has 3 aromatic carbocycles. The standard InChI is InChI=1S/C30H25FN4O4/c1-19-7-9-20(10-8-19)18-35-26(29(37)33-24-13-11-23(31)12-14-24)27(39-30(35)38)21-4-2-6-25(16-21)34-28(36)22-5-3-15-32-17-22/h2-17,26-27H,18H2,1H3,(H,33,37)(H,34,36)/t26-,27-/m0/s1. The predicted octanol–water partition coefficient (Wildman–Crippen LogP) is 5.48. The van der Waals surface area contributed by atoms with Crippen molar-refractivity contribution in [3.05, 3.63) is 125 Å². The first kappa shape index (κ1) is 25.6. The van der Waals surface area contributed by atoms with Crippen molar-refractivity contribution >= 4 is 29.3 Å². The smallest absolute Gasteiger partial charge is 0.411 e. The molecule has 39 heavy (non-hydrogen) atoms. The molecule has 2 N–H and O–H groups in total. The Bertz CT molecular complexity index is 1490. The van der Waals surface area contributed by atoms with Crippen LogP contribution in [0.15, 0.2) is 97.3 Å². The number of cyclic esters (lactones) is 1. The number of benzene rings is 3. The first-order chi connectivity index (χ1) is 18.9. The molecule has 4 aromatic rings. The first-order valence-corrected chi connectivity index (χ1v) is 12.3. The second kappa shape index (κ2) is 11.1. The second-order valence-corrected chi connectivity index (χ2v) is 9.18. The van der Waals surface area contributed by atoms with Gasteiger partial charge in [-0.25, -0.2) is 9.18 Å². The zero-order valence-corrected chi connectivity index (χ0v) is 21.0. The van der Waals surface area contributed by atoms with Crippen LogP contribution in [-0.4, -0.2) is 33.8 Å². The van der Waals surface area contributed by atoms with E-state index in [1.807, 2.05) is 31.2 Å². The second-order valence-electron chi connectivity index (χ2n) is 9.18. The van der Waals surface area contributed by atoms with Crippen molar-refractivity contribution < 1.29 is 23.5 Å². The zero-order chi connectivity index (χ0) is 27.4. The molecule has 1 fully saturated rings. The molecule has 1 saturated heterocycles. The van der Waals surface area contributed by atoms with E-state index in [-0.39, 0.29) is 12.5 Å². The van der Waals surface area contributed by atoms with E-state index in [9.17, 15) is 18.8 Å². The van der Waals surface area contributed by atoms with Crippen LogP contribution in [0.5, 0.6) is 0 Å². The number of carbonyl (C=O) groups is 3. The molecule has 8 nitrogen and oxygen atoms in total. The van der Waals surface area contributed by atoms with Crippen LogP contribution in [0.1, 0.15) is 33.2 Å². The van der Waals surface area contributed by atoms with Gasteiger partial charge in [0.2, 0.25) is 0 Å². The molecular formula is C30H25FN4O4. The fourth-order valence-corrected chi connectivity index (χ4v) is 4.34. The molecule has 0 spiro atoms. The fraction of sp³-hybridized carbons (Fsp3) is 0.133. The Morgan fingerprint density at radius 3 is 2.44 bits per heavy atom. The van der Waals surface area contributed by atoms with Gasteiger partial charge < -0.3 is 15.4 Å². The lowest BCUT2D eigenvalue weighted by Gasteiger charge is -2.24. The fourth-order valence-electron chi connectivity index (χ4n) is 4.34. The number of ether oxygens (including phenoxy) is 1. The predicted molar refractivity (Wildman–Crippen MR) is 143 cm³/mol. The highest BCUT2D eigenvalue weighted by molar-refractivity contribution is 6.04. The normalized spacial score (nSPS) is 16.5. The van der Waals surface area contributed by atoms with E-state index >= 15 is 0 Å². The third-order valence-corrected chi connectivity index (χ3v) is 6.34. The van der Waals surface area contributed by atoms with Crippen LogP contribution in [-0.2, 0) is 16.1 Å². The van der Waals surface area contributed by atoms with Crippen LogP contribution in [0.2, 0.25) is 0 Å². The zero-order valence-electron chi connectivity index (χ0n) is 21.0. The number of carbonyl (C=O) groups excluding carboxylic acids is 3. The maximum atomic E-state index is 13.6. The van der Waals surface area contributed by atoms with Crippen LogP contribution in [0.3, 0.4) is 0 Å². The number of amides is 3. The molecule has 5 rings (SSSR count). The highest BCUT2D eigenvalue weighted by atomic mass is 19.1. The molecule has 2 heterocycles. The van der Waals surface area contributed by atoms with Crippen molar-refractivity contribution in [3.8, 4) is 0 Å². The van der Waals surface area contributed by atoms with Gasteiger partial charge in [-0.05, 0) is 66.6 Å². The summed E-state index contributed by atoms with van der Waals surface area (Å²) in [6, 6.07) is 22.1. The Labute approximate surface area is 224 Å². The highest BCUT2D eigenvalue weighted by Crippen LogP contribution is 2.35. The average molecular weight is 525 g/mol. The molecule has 0 bridgehead atoms. The van der Waals surface area contributed by atoms with Crippen molar-refractivity contribution in [2.75, 3.05) is 10.6 Å².